The van der Waals surface area contributed by atoms with Crippen LogP contribution in [0.3, 0.4) is 0 Å². The van der Waals surface area contributed by atoms with E-state index in [1.807, 2.05) is 6.07 Å². The van der Waals surface area contributed by atoms with E-state index in [0.717, 1.165) is 17.7 Å². The van der Waals surface area contributed by atoms with E-state index in [9.17, 15) is 14.0 Å². The Morgan fingerprint density at radius 2 is 1.74 bits per heavy atom. The van der Waals surface area contributed by atoms with Gasteiger partial charge in [0.05, 0.1) is 27.8 Å². The quantitative estimate of drug-likeness (QED) is 0.581. The van der Waals surface area contributed by atoms with Gasteiger partial charge in [-0.2, -0.15) is 0 Å². The SMILES string of the molecule is O=C(Nc1ccc(=O)n(Cc2ccccc2Cl)c1)c1cc(F)c(Cl)cc1Cl. The molecule has 3 rings (SSSR count). The fourth-order valence-electron chi connectivity index (χ4n) is 2.43. The van der Waals surface area contributed by atoms with Gasteiger partial charge in [-0.15, -0.1) is 0 Å². The zero-order chi connectivity index (χ0) is 19.6. The Kier molecular flexibility index (Phi) is 5.85. The molecule has 27 heavy (non-hydrogen) atoms. The molecule has 2 aromatic carbocycles. The smallest absolute Gasteiger partial charge is 0.257 e. The second-order valence-corrected chi connectivity index (χ2v) is 6.90. The Morgan fingerprint density at radius 1 is 1.00 bits per heavy atom. The number of rotatable bonds is 4. The van der Waals surface area contributed by atoms with Gasteiger partial charge in [0.2, 0.25) is 0 Å². The molecule has 0 fully saturated rings. The molecule has 0 aliphatic rings. The molecule has 0 radical (unpaired) electrons. The zero-order valence-corrected chi connectivity index (χ0v) is 15.9. The highest BCUT2D eigenvalue weighted by molar-refractivity contribution is 6.37. The average molecular weight is 426 g/mol. The lowest BCUT2D eigenvalue weighted by Gasteiger charge is -2.11. The molecule has 0 spiro atoms. The number of halogens is 4. The Morgan fingerprint density at radius 3 is 2.48 bits per heavy atom. The number of nitrogens with zero attached hydrogens (tertiary/aromatic N) is 1. The van der Waals surface area contributed by atoms with Crippen molar-refractivity contribution in [2.45, 2.75) is 6.54 Å². The molecule has 3 aromatic rings. The molecule has 0 saturated carbocycles. The molecular weight excluding hydrogens is 414 g/mol. The molecule has 8 heteroatoms. The lowest BCUT2D eigenvalue weighted by Crippen LogP contribution is -2.21. The first kappa shape index (κ1) is 19.4. The van der Waals surface area contributed by atoms with Crippen molar-refractivity contribution in [3.8, 4) is 0 Å². The topological polar surface area (TPSA) is 51.1 Å². The predicted octanol–water partition coefficient (Wildman–Crippen LogP) is 5.25. The molecule has 138 valence electrons. The van der Waals surface area contributed by atoms with Crippen molar-refractivity contribution in [3.63, 3.8) is 0 Å². The number of aromatic nitrogens is 1. The molecule has 4 nitrogen and oxygen atoms in total. The number of anilines is 1. The third-order valence-electron chi connectivity index (χ3n) is 3.79. The van der Waals surface area contributed by atoms with Gasteiger partial charge in [0.25, 0.3) is 11.5 Å². The summed E-state index contributed by atoms with van der Waals surface area (Å²) >= 11 is 17.7. The van der Waals surface area contributed by atoms with Gasteiger partial charge < -0.3 is 9.88 Å². The monoisotopic (exact) mass is 424 g/mol. The van der Waals surface area contributed by atoms with E-state index in [0.29, 0.717) is 10.7 Å². The second kappa shape index (κ2) is 8.13. The standard InChI is InChI=1S/C19H12Cl3FN2O2/c20-14-4-2-1-3-11(14)9-25-10-12(5-6-18(25)26)24-19(27)13-7-17(23)16(22)8-15(13)21/h1-8,10H,9H2,(H,24,27). The second-order valence-electron chi connectivity index (χ2n) is 5.68. The molecule has 0 saturated heterocycles. The number of carbonyl (C=O) groups excluding carboxylic acids is 1. The van der Waals surface area contributed by atoms with Crippen LogP contribution in [-0.2, 0) is 6.54 Å². The van der Waals surface area contributed by atoms with Crippen LogP contribution in [0.15, 0.2) is 59.5 Å². The van der Waals surface area contributed by atoms with Gasteiger partial charge in [-0.05, 0) is 29.8 Å². The summed E-state index contributed by atoms with van der Waals surface area (Å²) in [6.45, 7) is 0.235. The van der Waals surface area contributed by atoms with Crippen LogP contribution in [-0.4, -0.2) is 10.5 Å². The number of pyridine rings is 1. The number of hydrogen-bond donors (Lipinski definition) is 1. The summed E-state index contributed by atoms with van der Waals surface area (Å²) in [5, 5.41) is 2.96. The summed E-state index contributed by atoms with van der Waals surface area (Å²) in [5.41, 5.74) is 0.775. The molecular formula is C19H12Cl3FN2O2. The van der Waals surface area contributed by atoms with E-state index in [-0.39, 0.29) is 27.7 Å². The van der Waals surface area contributed by atoms with Crippen LogP contribution < -0.4 is 10.9 Å². The summed E-state index contributed by atoms with van der Waals surface area (Å²) in [5.74, 6) is -1.38. The summed E-state index contributed by atoms with van der Waals surface area (Å²) in [6, 6.07) is 12.0. The van der Waals surface area contributed by atoms with Crippen LogP contribution in [0.4, 0.5) is 10.1 Å². The predicted molar refractivity (Wildman–Crippen MR) is 106 cm³/mol. The van der Waals surface area contributed by atoms with Crippen molar-refractivity contribution in [1.82, 2.24) is 4.57 Å². The first-order valence-electron chi connectivity index (χ1n) is 7.75. The Balaban J connectivity index is 1.86. The number of nitrogens with one attached hydrogen (secondary N) is 1. The molecule has 0 atom stereocenters. The van der Waals surface area contributed by atoms with Crippen molar-refractivity contribution in [3.05, 3.63) is 97.1 Å². The Hall–Kier alpha value is -2.34. The number of amides is 1. The average Bonchev–Trinajstić information content (AvgIpc) is 2.62. The normalized spacial score (nSPS) is 10.7. The molecule has 1 N–H and O–H groups in total. The minimum absolute atomic E-state index is 0.0169. The maximum Gasteiger partial charge on any atom is 0.257 e. The van der Waals surface area contributed by atoms with Crippen molar-refractivity contribution in [2.24, 2.45) is 0 Å². The Labute approximate surface area is 169 Å². The van der Waals surface area contributed by atoms with E-state index < -0.39 is 11.7 Å². The third-order valence-corrected chi connectivity index (χ3v) is 4.77. The molecule has 0 aliphatic carbocycles. The van der Waals surface area contributed by atoms with Gasteiger partial charge in [-0.25, -0.2) is 4.39 Å². The molecule has 0 aliphatic heterocycles. The lowest BCUT2D eigenvalue weighted by molar-refractivity contribution is 0.102. The number of hydrogen-bond acceptors (Lipinski definition) is 2. The van der Waals surface area contributed by atoms with Gasteiger partial charge in [-0.1, -0.05) is 53.0 Å². The minimum Gasteiger partial charge on any atom is -0.321 e. The summed E-state index contributed by atoms with van der Waals surface area (Å²) in [7, 11) is 0. The molecule has 1 amide bonds. The highest BCUT2D eigenvalue weighted by Crippen LogP contribution is 2.25. The van der Waals surface area contributed by atoms with Crippen LogP contribution in [0.25, 0.3) is 0 Å². The molecule has 1 heterocycles. The first-order valence-corrected chi connectivity index (χ1v) is 8.88. The summed E-state index contributed by atoms with van der Waals surface area (Å²) in [6.07, 6.45) is 1.48. The summed E-state index contributed by atoms with van der Waals surface area (Å²) in [4.78, 5) is 24.5. The van der Waals surface area contributed by atoms with E-state index in [1.165, 1.54) is 22.9 Å². The van der Waals surface area contributed by atoms with E-state index in [4.69, 9.17) is 34.8 Å². The van der Waals surface area contributed by atoms with Crippen molar-refractivity contribution < 1.29 is 9.18 Å². The fourth-order valence-corrected chi connectivity index (χ4v) is 3.10. The van der Waals surface area contributed by atoms with Crippen LogP contribution in [0.2, 0.25) is 15.1 Å². The third kappa shape index (κ3) is 4.50. The van der Waals surface area contributed by atoms with Gasteiger partial charge in [0.1, 0.15) is 5.82 Å². The zero-order valence-electron chi connectivity index (χ0n) is 13.7. The van der Waals surface area contributed by atoms with Crippen molar-refractivity contribution in [2.75, 3.05) is 5.32 Å². The number of benzene rings is 2. The van der Waals surface area contributed by atoms with E-state index in [2.05, 4.69) is 5.32 Å². The van der Waals surface area contributed by atoms with Crippen LogP contribution in [0.5, 0.6) is 0 Å². The highest BCUT2D eigenvalue weighted by atomic mass is 35.5. The fraction of sp³-hybridized carbons (Fsp3) is 0.0526. The maximum absolute atomic E-state index is 13.6. The van der Waals surface area contributed by atoms with Crippen LogP contribution in [0.1, 0.15) is 15.9 Å². The lowest BCUT2D eigenvalue weighted by atomic mass is 10.2. The van der Waals surface area contributed by atoms with Crippen LogP contribution >= 0.6 is 34.8 Å². The maximum atomic E-state index is 13.6. The van der Waals surface area contributed by atoms with Crippen molar-refractivity contribution >= 4 is 46.4 Å². The van der Waals surface area contributed by atoms with Gasteiger partial charge in [0, 0.05) is 17.3 Å². The molecule has 0 unspecified atom stereocenters. The van der Waals surface area contributed by atoms with Gasteiger partial charge in [0.15, 0.2) is 0 Å². The Bertz CT molecular complexity index is 1080. The highest BCUT2D eigenvalue weighted by Gasteiger charge is 2.15. The van der Waals surface area contributed by atoms with Crippen LogP contribution in [0, 0.1) is 5.82 Å². The summed E-state index contributed by atoms with van der Waals surface area (Å²) < 4.78 is 15.0. The molecule has 0 bridgehead atoms. The van der Waals surface area contributed by atoms with Gasteiger partial charge in [-0.3, -0.25) is 9.59 Å². The number of carbonyl (C=O) groups is 1. The van der Waals surface area contributed by atoms with E-state index >= 15 is 0 Å². The van der Waals surface area contributed by atoms with Crippen molar-refractivity contribution in [1.29, 1.82) is 0 Å². The minimum atomic E-state index is -0.755. The molecule has 1 aromatic heterocycles. The first-order chi connectivity index (χ1) is 12.8. The van der Waals surface area contributed by atoms with Gasteiger partial charge >= 0.3 is 0 Å². The largest absolute Gasteiger partial charge is 0.321 e. The van der Waals surface area contributed by atoms with E-state index in [1.54, 1.807) is 18.2 Å².